The zero-order valence-electron chi connectivity index (χ0n) is 15.9. The number of halogens is 1. The minimum Gasteiger partial charge on any atom is -0.389 e. The van der Waals surface area contributed by atoms with E-state index in [1.165, 1.54) is 44.6 Å². The van der Waals surface area contributed by atoms with E-state index in [1.807, 2.05) is 0 Å². The predicted molar refractivity (Wildman–Crippen MR) is 100 cm³/mol. The quantitative estimate of drug-likeness (QED) is 0.763. The van der Waals surface area contributed by atoms with E-state index in [0.717, 1.165) is 24.3 Å². The van der Waals surface area contributed by atoms with Gasteiger partial charge in [0.15, 0.2) is 0 Å². The number of likely N-dealkylation sites (N-methyl/N-ethyl adjacent to an activating group) is 1. The van der Waals surface area contributed by atoms with Crippen LogP contribution in [0.4, 0.5) is 4.39 Å². The molecule has 4 fully saturated rings. The van der Waals surface area contributed by atoms with Crippen LogP contribution in [0.1, 0.15) is 44.1 Å². The van der Waals surface area contributed by atoms with Crippen LogP contribution in [0.3, 0.4) is 0 Å². The Morgan fingerprint density at radius 1 is 1.15 bits per heavy atom. The molecule has 0 heterocycles. The first-order chi connectivity index (χ1) is 12.5. The second-order valence-corrected chi connectivity index (χ2v) is 9.37. The highest BCUT2D eigenvalue weighted by atomic mass is 19.1. The topological polar surface area (TPSA) is 32.7 Å². The Bertz CT molecular complexity index is 585. The summed E-state index contributed by atoms with van der Waals surface area (Å²) in [7, 11) is 2.12. The lowest BCUT2D eigenvalue weighted by Gasteiger charge is -2.57. The lowest BCUT2D eigenvalue weighted by atomic mass is 9.49. The third kappa shape index (κ3) is 4.13. The van der Waals surface area contributed by atoms with Crippen LogP contribution in [0.5, 0.6) is 0 Å². The van der Waals surface area contributed by atoms with Gasteiger partial charge >= 0.3 is 0 Å². The van der Waals surface area contributed by atoms with Crippen molar-refractivity contribution in [2.75, 3.05) is 26.7 Å². The molecule has 1 atom stereocenters. The standard InChI is InChI=1S/C22H32FNO2/c1-24(12-20(25)14-26-13-19-4-2-3-5-21(19)23)15-22-9-16-6-17(10-22)8-18(7-16)11-22/h2-5,16-18,20,25H,6-15H2,1H3. The Morgan fingerprint density at radius 3 is 2.38 bits per heavy atom. The molecule has 4 aliphatic rings. The molecule has 0 spiro atoms. The first-order valence-corrected chi connectivity index (χ1v) is 10.2. The van der Waals surface area contributed by atoms with E-state index in [1.54, 1.807) is 18.2 Å². The van der Waals surface area contributed by atoms with Crippen molar-refractivity contribution in [3.8, 4) is 0 Å². The van der Waals surface area contributed by atoms with E-state index in [2.05, 4.69) is 11.9 Å². The van der Waals surface area contributed by atoms with Crippen LogP contribution in [0.25, 0.3) is 0 Å². The predicted octanol–water partition coefficient (Wildman–Crippen LogP) is 3.85. The molecule has 4 aliphatic carbocycles. The number of rotatable bonds is 8. The summed E-state index contributed by atoms with van der Waals surface area (Å²) in [4.78, 5) is 2.30. The largest absolute Gasteiger partial charge is 0.389 e. The van der Waals surface area contributed by atoms with Gasteiger partial charge < -0.3 is 14.7 Å². The summed E-state index contributed by atoms with van der Waals surface area (Å²) < 4.78 is 19.1. The van der Waals surface area contributed by atoms with Crippen molar-refractivity contribution in [3.63, 3.8) is 0 Å². The van der Waals surface area contributed by atoms with Crippen LogP contribution in [0.2, 0.25) is 0 Å². The smallest absolute Gasteiger partial charge is 0.128 e. The van der Waals surface area contributed by atoms with E-state index < -0.39 is 6.10 Å². The Hall–Kier alpha value is -0.970. The maximum Gasteiger partial charge on any atom is 0.128 e. The summed E-state index contributed by atoms with van der Waals surface area (Å²) in [6.07, 6.45) is 8.05. The highest BCUT2D eigenvalue weighted by Crippen LogP contribution is 2.60. The van der Waals surface area contributed by atoms with Crippen molar-refractivity contribution in [1.82, 2.24) is 4.90 Å². The Balaban J connectivity index is 1.22. The van der Waals surface area contributed by atoms with Gasteiger partial charge in [0.1, 0.15) is 5.82 Å². The molecular weight excluding hydrogens is 329 g/mol. The molecule has 26 heavy (non-hydrogen) atoms. The van der Waals surface area contributed by atoms with Gasteiger partial charge in [0.25, 0.3) is 0 Å². The number of hydrogen-bond acceptors (Lipinski definition) is 3. The number of nitrogens with zero attached hydrogens (tertiary/aromatic N) is 1. The van der Waals surface area contributed by atoms with Crippen LogP contribution < -0.4 is 0 Å². The molecule has 4 bridgehead atoms. The number of hydrogen-bond donors (Lipinski definition) is 1. The number of ether oxygens (including phenoxy) is 1. The van der Waals surface area contributed by atoms with Gasteiger partial charge in [0, 0.05) is 18.7 Å². The van der Waals surface area contributed by atoms with Crippen LogP contribution in [-0.2, 0) is 11.3 Å². The minimum atomic E-state index is -0.527. The Morgan fingerprint density at radius 2 is 1.77 bits per heavy atom. The molecule has 1 aromatic carbocycles. The fourth-order valence-electron chi connectivity index (χ4n) is 6.45. The number of benzene rings is 1. The van der Waals surface area contributed by atoms with E-state index in [9.17, 15) is 9.50 Å². The van der Waals surface area contributed by atoms with Gasteiger partial charge in [-0.05, 0) is 74.8 Å². The second-order valence-electron chi connectivity index (χ2n) is 9.37. The van der Waals surface area contributed by atoms with Gasteiger partial charge in [-0.2, -0.15) is 0 Å². The van der Waals surface area contributed by atoms with Crippen molar-refractivity contribution in [2.24, 2.45) is 23.2 Å². The van der Waals surface area contributed by atoms with E-state index >= 15 is 0 Å². The molecule has 1 N–H and O–H groups in total. The van der Waals surface area contributed by atoms with Gasteiger partial charge in [-0.15, -0.1) is 0 Å². The molecule has 0 radical (unpaired) electrons. The van der Waals surface area contributed by atoms with Gasteiger partial charge in [0.2, 0.25) is 0 Å². The van der Waals surface area contributed by atoms with Gasteiger partial charge in [-0.25, -0.2) is 4.39 Å². The fraction of sp³-hybridized carbons (Fsp3) is 0.727. The lowest BCUT2D eigenvalue weighted by molar-refractivity contribution is -0.0722. The lowest BCUT2D eigenvalue weighted by Crippen LogP contribution is -2.51. The molecule has 1 aromatic rings. The Kier molecular flexibility index (Phi) is 5.36. The summed E-state index contributed by atoms with van der Waals surface area (Å²) in [6.45, 7) is 2.18. The average molecular weight is 362 g/mol. The van der Waals surface area contributed by atoms with Crippen LogP contribution >= 0.6 is 0 Å². The summed E-state index contributed by atoms with van der Waals surface area (Å²) in [5.74, 6) is 2.64. The number of aliphatic hydroxyl groups excluding tert-OH is 1. The van der Waals surface area contributed by atoms with Crippen LogP contribution in [-0.4, -0.2) is 42.9 Å². The van der Waals surface area contributed by atoms with Crippen molar-refractivity contribution in [2.45, 2.75) is 51.2 Å². The monoisotopic (exact) mass is 361 g/mol. The molecule has 5 rings (SSSR count). The van der Waals surface area contributed by atoms with Crippen LogP contribution in [0, 0.1) is 29.0 Å². The zero-order chi connectivity index (χ0) is 18.1. The van der Waals surface area contributed by atoms with Crippen LogP contribution in [0.15, 0.2) is 24.3 Å². The highest BCUT2D eigenvalue weighted by Gasteiger charge is 2.50. The summed E-state index contributed by atoms with van der Waals surface area (Å²) in [5, 5.41) is 10.3. The van der Waals surface area contributed by atoms with Crippen molar-refractivity contribution in [1.29, 1.82) is 0 Å². The maximum absolute atomic E-state index is 13.6. The molecule has 144 valence electrons. The van der Waals surface area contributed by atoms with Crippen molar-refractivity contribution >= 4 is 0 Å². The molecule has 4 saturated carbocycles. The third-order valence-electron chi connectivity index (χ3n) is 6.82. The third-order valence-corrected chi connectivity index (χ3v) is 6.82. The minimum absolute atomic E-state index is 0.211. The second kappa shape index (κ2) is 7.57. The molecule has 1 unspecified atom stereocenters. The van der Waals surface area contributed by atoms with Gasteiger partial charge in [0.05, 0.1) is 19.3 Å². The van der Waals surface area contributed by atoms with Crippen molar-refractivity contribution < 1.29 is 14.2 Å². The van der Waals surface area contributed by atoms with E-state index in [0.29, 0.717) is 17.5 Å². The molecule has 0 aliphatic heterocycles. The summed E-state index contributed by atoms with van der Waals surface area (Å²) in [6, 6.07) is 6.64. The van der Waals surface area contributed by atoms with Crippen molar-refractivity contribution in [3.05, 3.63) is 35.6 Å². The Labute approximate surface area is 156 Å². The molecular formula is C22H32FNO2. The van der Waals surface area contributed by atoms with E-state index in [-0.39, 0.29) is 19.0 Å². The fourth-order valence-corrected chi connectivity index (χ4v) is 6.45. The highest BCUT2D eigenvalue weighted by molar-refractivity contribution is 5.16. The molecule has 0 aromatic heterocycles. The summed E-state index contributed by atoms with van der Waals surface area (Å²) in [5.41, 5.74) is 1.04. The average Bonchev–Trinajstić information content (AvgIpc) is 2.54. The normalized spacial score (nSPS) is 33.8. The molecule has 0 saturated heterocycles. The van der Waals surface area contributed by atoms with E-state index in [4.69, 9.17) is 4.74 Å². The molecule has 3 nitrogen and oxygen atoms in total. The first-order valence-electron chi connectivity index (χ1n) is 10.2. The molecule has 4 heteroatoms. The SMILES string of the molecule is CN(CC(O)COCc1ccccc1F)CC12CC3CC(CC(C3)C1)C2. The zero-order valence-corrected chi connectivity index (χ0v) is 15.9. The first kappa shape index (κ1) is 18.4. The maximum atomic E-state index is 13.6. The number of aliphatic hydroxyl groups is 1. The summed E-state index contributed by atoms with van der Waals surface area (Å²) >= 11 is 0. The van der Waals surface area contributed by atoms with Gasteiger partial charge in [-0.3, -0.25) is 0 Å². The van der Waals surface area contributed by atoms with Gasteiger partial charge in [-0.1, -0.05) is 18.2 Å². The molecule has 0 amide bonds.